The number of ether oxygens (including phenoxy) is 3. The van der Waals surface area contributed by atoms with Crippen LogP contribution in [0.2, 0.25) is 0 Å². The van der Waals surface area contributed by atoms with Crippen molar-refractivity contribution in [1.29, 1.82) is 0 Å². The van der Waals surface area contributed by atoms with Crippen LogP contribution >= 0.6 is 7.05 Å². The molecule has 0 amide bonds. The van der Waals surface area contributed by atoms with E-state index in [-0.39, 0.29) is 13.5 Å². The lowest BCUT2D eigenvalue weighted by molar-refractivity contribution is 0.112. The zero-order chi connectivity index (χ0) is 30.6. The van der Waals surface area contributed by atoms with Gasteiger partial charge >= 0.3 is 0 Å². The predicted molar refractivity (Wildman–Crippen MR) is 179 cm³/mol. The molecular formula is C36H34N3O4P. The Bertz CT molecular complexity index is 1670. The number of methoxy groups -OCH3 is 1. The molecule has 0 fully saturated rings. The highest BCUT2D eigenvalue weighted by atomic mass is 31.2. The van der Waals surface area contributed by atoms with E-state index in [0.717, 1.165) is 39.3 Å². The van der Waals surface area contributed by atoms with E-state index in [2.05, 4.69) is 41.5 Å². The summed E-state index contributed by atoms with van der Waals surface area (Å²) >= 11 is 0. The van der Waals surface area contributed by atoms with Crippen molar-refractivity contribution in [3.8, 4) is 17.2 Å². The van der Waals surface area contributed by atoms with E-state index in [1.165, 1.54) is 0 Å². The minimum atomic E-state index is -2.47. The molecule has 0 unspecified atom stereocenters. The van der Waals surface area contributed by atoms with E-state index in [9.17, 15) is 4.79 Å². The number of benzene rings is 5. The van der Waals surface area contributed by atoms with Crippen LogP contribution in [0.4, 0.5) is 0 Å². The largest absolute Gasteiger partial charge is 0.497 e. The zero-order valence-electron chi connectivity index (χ0n) is 24.7. The SMILES string of the molecule is COc1ccc(C=NN(C)COc2ccc(P(=NCOc3ccc(C=O)cc3)(c3ccccc3)c3ccccc3)cc2)cc1. The Morgan fingerprint density at radius 3 is 1.70 bits per heavy atom. The van der Waals surface area contributed by atoms with E-state index in [1.807, 2.05) is 79.8 Å². The molecule has 0 saturated heterocycles. The van der Waals surface area contributed by atoms with Gasteiger partial charge in [-0.2, -0.15) is 5.10 Å². The summed E-state index contributed by atoms with van der Waals surface area (Å²) < 4.78 is 22.7. The highest BCUT2D eigenvalue weighted by Crippen LogP contribution is 2.46. The number of nitrogens with zero attached hydrogens (tertiary/aromatic N) is 3. The third-order valence-electron chi connectivity index (χ3n) is 6.93. The second kappa shape index (κ2) is 14.9. The summed E-state index contributed by atoms with van der Waals surface area (Å²) in [5.41, 5.74) is 1.57. The number of rotatable bonds is 13. The molecule has 8 heteroatoms. The quantitative estimate of drug-likeness (QED) is 0.0518. The molecule has 0 aliphatic rings. The summed E-state index contributed by atoms with van der Waals surface area (Å²) in [5.74, 6) is 2.19. The molecule has 0 saturated carbocycles. The number of hydrazone groups is 1. The van der Waals surface area contributed by atoms with Gasteiger partial charge in [0.25, 0.3) is 0 Å². The minimum Gasteiger partial charge on any atom is -0.497 e. The maximum Gasteiger partial charge on any atom is 0.178 e. The van der Waals surface area contributed by atoms with Gasteiger partial charge in [0, 0.05) is 28.5 Å². The van der Waals surface area contributed by atoms with Gasteiger partial charge in [0.2, 0.25) is 0 Å². The van der Waals surface area contributed by atoms with Crippen LogP contribution in [0.3, 0.4) is 0 Å². The topological polar surface area (TPSA) is 72.7 Å². The molecule has 7 nitrogen and oxygen atoms in total. The molecule has 5 aromatic rings. The van der Waals surface area contributed by atoms with Gasteiger partial charge in [-0.3, -0.25) is 14.5 Å². The number of carbonyl (C=O) groups excluding carboxylic acids is 1. The molecule has 0 bridgehead atoms. The van der Waals surface area contributed by atoms with Gasteiger partial charge in [0.1, 0.15) is 23.5 Å². The smallest absolute Gasteiger partial charge is 0.178 e. The van der Waals surface area contributed by atoms with Crippen molar-refractivity contribution in [3.63, 3.8) is 0 Å². The third kappa shape index (κ3) is 7.44. The number of hydrogen-bond acceptors (Lipinski definition) is 7. The van der Waals surface area contributed by atoms with Gasteiger partial charge in [-0.1, -0.05) is 60.7 Å². The van der Waals surface area contributed by atoms with Crippen LogP contribution in [-0.2, 0) is 0 Å². The normalized spacial score (nSPS) is 11.1. The molecule has 44 heavy (non-hydrogen) atoms. The number of carbonyl (C=O) groups is 1. The van der Waals surface area contributed by atoms with Crippen LogP contribution < -0.4 is 30.1 Å². The average Bonchev–Trinajstić information content (AvgIpc) is 3.10. The first-order valence-corrected chi connectivity index (χ1v) is 15.8. The molecule has 222 valence electrons. The van der Waals surface area contributed by atoms with Crippen molar-refractivity contribution >= 4 is 35.5 Å². The monoisotopic (exact) mass is 603 g/mol. The van der Waals surface area contributed by atoms with E-state index in [0.29, 0.717) is 11.3 Å². The van der Waals surface area contributed by atoms with Crippen LogP contribution in [-0.4, -0.2) is 45.1 Å². The second-order valence-electron chi connectivity index (χ2n) is 9.85. The summed E-state index contributed by atoms with van der Waals surface area (Å²) in [4.78, 5) is 11.1. The molecule has 0 atom stereocenters. The van der Waals surface area contributed by atoms with Gasteiger partial charge in [0.05, 0.1) is 20.4 Å². The van der Waals surface area contributed by atoms with E-state index >= 15 is 0 Å². The Balaban J connectivity index is 1.40. The van der Waals surface area contributed by atoms with Crippen LogP contribution in [0.25, 0.3) is 0 Å². The molecule has 5 rings (SSSR count). The van der Waals surface area contributed by atoms with Crippen molar-refractivity contribution < 1.29 is 19.0 Å². The fourth-order valence-electron chi connectivity index (χ4n) is 4.63. The lowest BCUT2D eigenvalue weighted by atomic mass is 10.2. The van der Waals surface area contributed by atoms with Crippen molar-refractivity contribution in [3.05, 3.63) is 145 Å². The van der Waals surface area contributed by atoms with Gasteiger partial charge in [-0.05, 0) is 78.4 Å². The van der Waals surface area contributed by atoms with E-state index in [1.54, 1.807) is 42.6 Å². The van der Waals surface area contributed by atoms with Gasteiger partial charge in [-0.15, -0.1) is 0 Å². The molecule has 0 aliphatic heterocycles. The summed E-state index contributed by atoms with van der Waals surface area (Å²) in [5, 5.41) is 9.52. The molecule has 0 aliphatic carbocycles. The van der Waals surface area contributed by atoms with Crippen LogP contribution in [0.5, 0.6) is 17.2 Å². The molecule has 0 radical (unpaired) electrons. The Labute approximate surface area is 258 Å². The van der Waals surface area contributed by atoms with Gasteiger partial charge in [0.15, 0.2) is 13.5 Å². The van der Waals surface area contributed by atoms with Crippen LogP contribution in [0.15, 0.2) is 143 Å². The average molecular weight is 604 g/mol. The summed E-state index contributed by atoms with van der Waals surface area (Å²) in [6.45, 7) is 0.429. The predicted octanol–water partition coefficient (Wildman–Crippen LogP) is 6.32. The van der Waals surface area contributed by atoms with Crippen molar-refractivity contribution in [2.24, 2.45) is 9.85 Å². The maximum absolute atomic E-state index is 11.1. The Kier molecular flexibility index (Phi) is 10.2. The van der Waals surface area contributed by atoms with E-state index in [4.69, 9.17) is 19.0 Å². The summed E-state index contributed by atoms with van der Waals surface area (Å²) in [7, 11) is 1.04. The first kappa shape index (κ1) is 30.3. The van der Waals surface area contributed by atoms with E-state index < -0.39 is 7.05 Å². The fraction of sp³-hybridized carbons (Fsp3) is 0.111. The lowest BCUT2D eigenvalue weighted by Gasteiger charge is -2.27. The molecular weight excluding hydrogens is 569 g/mol. The Morgan fingerprint density at radius 1 is 0.636 bits per heavy atom. The zero-order valence-corrected chi connectivity index (χ0v) is 25.6. The van der Waals surface area contributed by atoms with Crippen molar-refractivity contribution in [1.82, 2.24) is 5.01 Å². The first-order chi connectivity index (χ1) is 21.6. The fourth-order valence-corrected chi connectivity index (χ4v) is 8.03. The number of aldehydes is 1. The minimum absolute atomic E-state index is 0.146. The number of hydrogen-bond donors (Lipinski definition) is 0. The molecule has 0 spiro atoms. The van der Waals surface area contributed by atoms with Crippen molar-refractivity contribution in [2.75, 3.05) is 27.6 Å². The summed E-state index contributed by atoms with van der Waals surface area (Å²) in [6, 6.07) is 43.6. The molecule has 0 N–H and O–H groups in total. The highest BCUT2D eigenvalue weighted by Gasteiger charge is 2.27. The van der Waals surface area contributed by atoms with Crippen molar-refractivity contribution in [2.45, 2.75) is 0 Å². The molecule has 0 aromatic heterocycles. The highest BCUT2D eigenvalue weighted by molar-refractivity contribution is 7.87. The van der Waals surface area contributed by atoms with Gasteiger partial charge < -0.3 is 14.2 Å². The Hall–Kier alpha value is -5.13. The van der Waals surface area contributed by atoms with Crippen LogP contribution in [0, 0.1) is 0 Å². The molecule has 0 heterocycles. The lowest BCUT2D eigenvalue weighted by Crippen LogP contribution is -2.26. The Morgan fingerprint density at radius 2 is 1.14 bits per heavy atom. The van der Waals surface area contributed by atoms with Gasteiger partial charge in [-0.25, -0.2) is 0 Å². The maximum atomic E-state index is 11.1. The third-order valence-corrected chi connectivity index (χ3v) is 10.6. The molecule has 5 aromatic carbocycles. The second-order valence-corrected chi connectivity index (χ2v) is 13.0. The standard InChI is InChI=1S/C36H34N3O4P/c1-39(37-25-29-13-17-31(41-2)18-14-29)28-43-33-21-23-36(24-22-33)44(34-9-5-3-6-10-34,35-11-7-4-8-12-35)38-27-42-32-19-15-30(26-40)16-20-32/h3-26H,27-28H2,1-2H3. The summed E-state index contributed by atoms with van der Waals surface area (Å²) in [6.07, 6.45) is 2.60. The van der Waals surface area contributed by atoms with Crippen LogP contribution in [0.1, 0.15) is 15.9 Å². The first-order valence-electron chi connectivity index (χ1n) is 14.1.